The highest BCUT2D eigenvalue weighted by Crippen LogP contribution is 2.30. The number of hydrogen-bond donors (Lipinski definition) is 4. The van der Waals surface area contributed by atoms with Crippen LogP contribution in [0.1, 0.15) is 94.2 Å². The topological polar surface area (TPSA) is 155 Å². The van der Waals surface area contributed by atoms with E-state index in [1.807, 2.05) is 76.2 Å². The first-order valence-electron chi connectivity index (χ1n) is 17.8. The zero-order valence-electron chi connectivity index (χ0n) is 34.4. The minimum absolute atomic E-state index is 0.0573. The van der Waals surface area contributed by atoms with Gasteiger partial charge in [0.1, 0.15) is 24.2 Å². The van der Waals surface area contributed by atoms with E-state index in [2.05, 4.69) is 55.6 Å². The van der Waals surface area contributed by atoms with Crippen LogP contribution in [-0.4, -0.2) is 103 Å². The summed E-state index contributed by atoms with van der Waals surface area (Å²) in [4.78, 5) is 13.0. The van der Waals surface area contributed by atoms with E-state index in [-0.39, 0.29) is 37.2 Å². The molecule has 0 bridgehead atoms. The lowest BCUT2D eigenvalue weighted by atomic mass is 9.94. The van der Waals surface area contributed by atoms with Crippen LogP contribution in [0.4, 0.5) is 0 Å². The zero-order chi connectivity index (χ0) is 41.2. The number of allylic oxidation sites excluding steroid dienone is 1. The standard InChI is InChI=1S/C23H30O5.C7H13NO.C6H13N.C5H12O3S/c1-16(2)23(18-4-8-21(9-5-18)27-14-17(3)12-24)19-6-10-22(11-7-19)28-15-20(26)13-25;1-5-6(9)8-7(2,3)4;1-6(2,3)7-4-5-7;1-5(2,3)8-9(4,6)7/h4-11,17,20,24-26H,12-15H2,1-3H3;5H,1H2,2-4H3,(H,8,9);4-5H2,1-3H3;1-4H3. The second-order valence-electron chi connectivity index (χ2n) is 16.2. The molecule has 1 aliphatic heterocycles. The lowest BCUT2D eigenvalue weighted by Crippen LogP contribution is -2.39. The quantitative estimate of drug-likeness (QED) is 0.111. The maximum atomic E-state index is 10.6. The van der Waals surface area contributed by atoms with Crippen molar-refractivity contribution < 1.29 is 42.2 Å². The summed E-state index contributed by atoms with van der Waals surface area (Å²) in [7, 11) is -3.28. The van der Waals surface area contributed by atoms with Gasteiger partial charge in [0, 0.05) is 36.7 Å². The van der Waals surface area contributed by atoms with E-state index in [0.29, 0.717) is 17.9 Å². The summed E-state index contributed by atoms with van der Waals surface area (Å²) >= 11 is 0. The number of nitrogens with zero attached hydrogens (tertiary/aromatic N) is 1. The van der Waals surface area contributed by atoms with Crippen molar-refractivity contribution in [3.63, 3.8) is 0 Å². The second kappa shape index (κ2) is 22.8. The smallest absolute Gasteiger partial charge is 0.264 e. The van der Waals surface area contributed by atoms with Crippen molar-refractivity contribution in [1.82, 2.24) is 10.2 Å². The summed E-state index contributed by atoms with van der Waals surface area (Å²) in [6.07, 6.45) is 1.43. The molecule has 1 saturated heterocycles. The third kappa shape index (κ3) is 25.4. The van der Waals surface area contributed by atoms with Crippen molar-refractivity contribution in [2.24, 2.45) is 5.92 Å². The van der Waals surface area contributed by atoms with Gasteiger partial charge in [-0.15, -0.1) is 0 Å². The highest BCUT2D eigenvalue weighted by molar-refractivity contribution is 7.86. The molecular formula is C41H68N2O9S. The van der Waals surface area contributed by atoms with Gasteiger partial charge in [0.25, 0.3) is 10.1 Å². The molecule has 12 heteroatoms. The monoisotopic (exact) mass is 764 g/mol. The molecular weight excluding hydrogens is 697 g/mol. The molecule has 0 radical (unpaired) electrons. The molecule has 4 N–H and O–H groups in total. The number of carbonyl (C=O) groups is 1. The Morgan fingerprint density at radius 3 is 1.51 bits per heavy atom. The molecule has 0 saturated carbocycles. The molecule has 0 aliphatic carbocycles. The average Bonchev–Trinajstić information content (AvgIpc) is 3.89. The molecule has 1 heterocycles. The van der Waals surface area contributed by atoms with Crippen LogP contribution >= 0.6 is 0 Å². The van der Waals surface area contributed by atoms with Crippen LogP contribution in [0, 0.1) is 5.92 Å². The van der Waals surface area contributed by atoms with E-state index in [1.54, 1.807) is 20.8 Å². The number of benzene rings is 2. The van der Waals surface area contributed by atoms with Crippen LogP contribution in [-0.2, 0) is 19.1 Å². The summed E-state index contributed by atoms with van der Waals surface area (Å²) < 4.78 is 36.6. The summed E-state index contributed by atoms with van der Waals surface area (Å²) in [6, 6.07) is 15.6. The Hall–Kier alpha value is -3.26. The maximum absolute atomic E-state index is 10.6. The number of aliphatic hydroxyl groups excluding tert-OH is 3. The van der Waals surface area contributed by atoms with Crippen molar-refractivity contribution in [2.45, 2.75) is 106 Å². The van der Waals surface area contributed by atoms with Gasteiger partial charge < -0.3 is 30.1 Å². The van der Waals surface area contributed by atoms with Crippen molar-refractivity contribution >= 4 is 21.6 Å². The minimum Gasteiger partial charge on any atom is -0.493 e. The highest BCUT2D eigenvalue weighted by atomic mass is 32.2. The van der Waals surface area contributed by atoms with E-state index in [1.165, 1.54) is 24.7 Å². The first-order chi connectivity index (χ1) is 24.2. The number of rotatable bonds is 12. The Kier molecular flexibility index (Phi) is 21.4. The number of hydrogen-bond acceptors (Lipinski definition) is 10. The van der Waals surface area contributed by atoms with Crippen LogP contribution in [0.15, 0.2) is 66.8 Å². The zero-order valence-corrected chi connectivity index (χ0v) is 35.3. The fourth-order valence-corrected chi connectivity index (χ4v) is 5.22. The van der Waals surface area contributed by atoms with E-state index in [0.717, 1.165) is 28.7 Å². The van der Waals surface area contributed by atoms with Crippen LogP contribution in [0.25, 0.3) is 5.57 Å². The molecule has 53 heavy (non-hydrogen) atoms. The van der Waals surface area contributed by atoms with Gasteiger partial charge in [-0.05, 0) is 123 Å². The summed E-state index contributed by atoms with van der Waals surface area (Å²) in [5.41, 5.74) is 4.17. The molecule has 1 fully saturated rings. The first kappa shape index (κ1) is 49.7. The lowest BCUT2D eigenvalue weighted by Gasteiger charge is -2.18. The predicted molar refractivity (Wildman–Crippen MR) is 216 cm³/mol. The van der Waals surface area contributed by atoms with E-state index in [4.69, 9.17) is 19.7 Å². The fraction of sp³-hybridized carbons (Fsp3) is 0.585. The van der Waals surface area contributed by atoms with Crippen LogP contribution in [0.5, 0.6) is 11.5 Å². The number of ether oxygens (including phenoxy) is 2. The molecule has 2 unspecified atom stereocenters. The van der Waals surface area contributed by atoms with Crippen LogP contribution in [0.2, 0.25) is 0 Å². The number of nitrogens with one attached hydrogen (secondary N) is 1. The van der Waals surface area contributed by atoms with Gasteiger partial charge in [-0.3, -0.25) is 13.9 Å². The van der Waals surface area contributed by atoms with Crippen molar-refractivity contribution in [3.05, 3.63) is 77.9 Å². The predicted octanol–water partition coefficient (Wildman–Crippen LogP) is 6.22. The van der Waals surface area contributed by atoms with Crippen LogP contribution < -0.4 is 14.8 Å². The van der Waals surface area contributed by atoms with Crippen LogP contribution in [0.3, 0.4) is 0 Å². The Balaban J connectivity index is 0.000000871. The molecule has 2 aromatic rings. The molecule has 2 atom stereocenters. The normalized spacial score (nSPS) is 14.0. The van der Waals surface area contributed by atoms with Gasteiger partial charge in [0.15, 0.2) is 0 Å². The first-order valence-corrected chi connectivity index (χ1v) is 19.7. The second-order valence-corrected chi connectivity index (χ2v) is 17.7. The van der Waals surface area contributed by atoms with Gasteiger partial charge in [-0.2, -0.15) is 8.42 Å². The van der Waals surface area contributed by atoms with Gasteiger partial charge in [0.05, 0.1) is 25.1 Å². The van der Waals surface area contributed by atoms with Gasteiger partial charge in [0.2, 0.25) is 5.91 Å². The third-order valence-corrected chi connectivity index (χ3v) is 7.57. The van der Waals surface area contributed by atoms with E-state index >= 15 is 0 Å². The van der Waals surface area contributed by atoms with Gasteiger partial charge in [-0.25, -0.2) is 0 Å². The average molecular weight is 765 g/mol. The molecule has 11 nitrogen and oxygen atoms in total. The fourth-order valence-electron chi connectivity index (χ4n) is 4.31. The Bertz CT molecular complexity index is 1430. The lowest BCUT2D eigenvalue weighted by molar-refractivity contribution is -0.117. The number of carbonyl (C=O) groups excluding carboxylic acids is 1. The van der Waals surface area contributed by atoms with Crippen molar-refractivity contribution in [2.75, 3.05) is 45.8 Å². The molecule has 1 amide bonds. The van der Waals surface area contributed by atoms with Gasteiger partial charge >= 0.3 is 0 Å². The summed E-state index contributed by atoms with van der Waals surface area (Å²) in [5, 5.41) is 30.0. The number of aliphatic hydroxyl groups is 3. The molecule has 3 rings (SSSR count). The largest absolute Gasteiger partial charge is 0.493 e. The van der Waals surface area contributed by atoms with E-state index < -0.39 is 21.8 Å². The molecule has 1 aliphatic rings. The minimum atomic E-state index is -3.28. The molecule has 0 spiro atoms. The third-order valence-electron chi connectivity index (χ3n) is 6.77. The summed E-state index contributed by atoms with van der Waals surface area (Å²) in [6.45, 7) is 30.0. The summed E-state index contributed by atoms with van der Waals surface area (Å²) in [5.74, 6) is 1.41. The Morgan fingerprint density at radius 2 is 1.28 bits per heavy atom. The van der Waals surface area contributed by atoms with Crippen molar-refractivity contribution in [3.8, 4) is 11.5 Å². The number of amides is 1. The SMILES string of the molecule is C=CC(=O)NC(C)(C)C.CC(C)(C)N1CC1.CC(C)(C)OS(C)(=O)=O.CC(C)=C(c1ccc(OCC(C)CO)cc1)c1ccc(OCC(O)CO)cc1. The molecule has 2 aromatic carbocycles. The maximum Gasteiger partial charge on any atom is 0.264 e. The Labute approximate surface area is 320 Å². The van der Waals surface area contributed by atoms with Gasteiger partial charge in [-0.1, -0.05) is 43.3 Å². The van der Waals surface area contributed by atoms with E-state index in [9.17, 15) is 18.3 Å². The van der Waals surface area contributed by atoms with Crippen molar-refractivity contribution in [1.29, 1.82) is 0 Å². The highest BCUT2D eigenvalue weighted by Gasteiger charge is 2.29. The Morgan fingerprint density at radius 1 is 0.849 bits per heavy atom. The molecule has 302 valence electrons. The molecule has 0 aromatic heterocycles.